The summed E-state index contributed by atoms with van der Waals surface area (Å²) in [4.78, 5) is 0. The van der Waals surface area contributed by atoms with Gasteiger partial charge in [-0.2, -0.15) is 0 Å². The molecule has 0 bridgehead atoms. The van der Waals surface area contributed by atoms with Crippen LogP contribution >= 0.6 is 0 Å². The van der Waals surface area contributed by atoms with Crippen LogP contribution in [0.4, 0.5) is 13.2 Å². The molecular weight excluding hydrogens is 205 g/mol. The Kier molecular flexibility index (Phi) is 9.88. The lowest BCUT2D eigenvalue weighted by Crippen LogP contribution is -2.29. The summed E-state index contributed by atoms with van der Waals surface area (Å²) in [5.74, 6) is 0. The van der Waals surface area contributed by atoms with Gasteiger partial charge >= 0.3 is 9.53 Å². The van der Waals surface area contributed by atoms with Crippen LogP contribution in [-0.2, 0) is 13.3 Å². The van der Waals surface area contributed by atoms with Gasteiger partial charge in [0.05, 0.1) is 19.8 Å². The van der Waals surface area contributed by atoms with Crippen molar-refractivity contribution >= 4 is 9.53 Å². The lowest BCUT2D eigenvalue weighted by atomic mass is 10.8. The van der Waals surface area contributed by atoms with Gasteiger partial charge in [0.2, 0.25) is 0 Å². The average molecular weight is 217 g/mol. The number of rotatable bonds is 9. The molecule has 0 aliphatic rings. The van der Waals surface area contributed by atoms with Crippen LogP contribution in [0.3, 0.4) is 0 Å². The average Bonchev–Trinajstić information content (AvgIpc) is 2.17. The molecule has 0 atom stereocenters. The predicted octanol–water partition coefficient (Wildman–Crippen LogP) is 0.930. The molecule has 0 heterocycles. The van der Waals surface area contributed by atoms with E-state index in [0.717, 1.165) is 0 Å². The molecule has 3 nitrogen and oxygen atoms in total. The zero-order valence-electron chi connectivity index (χ0n) is 7.10. The molecule has 1 radical (unpaired) electrons. The van der Waals surface area contributed by atoms with Crippen molar-refractivity contribution < 1.29 is 26.4 Å². The van der Waals surface area contributed by atoms with Crippen molar-refractivity contribution in [3.8, 4) is 0 Å². The van der Waals surface area contributed by atoms with Crippen LogP contribution in [0.25, 0.3) is 0 Å². The van der Waals surface area contributed by atoms with Gasteiger partial charge in [-0.25, -0.2) is 13.2 Å². The Morgan fingerprint density at radius 2 is 1.00 bits per heavy atom. The summed E-state index contributed by atoms with van der Waals surface area (Å²) in [6.07, 6.45) is 0. The van der Waals surface area contributed by atoms with E-state index in [2.05, 4.69) is 0 Å². The zero-order chi connectivity index (χ0) is 9.94. The molecule has 0 aliphatic heterocycles. The first-order chi connectivity index (χ1) is 6.35. The van der Waals surface area contributed by atoms with E-state index in [1.54, 1.807) is 0 Å². The van der Waals surface area contributed by atoms with Gasteiger partial charge in [0.25, 0.3) is 0 Å². The lowest BCUT2D eigenvalue weighted by Gasteiger charge is -2.11. The number of halogens is 3. The highest BCUT2D eigenvalue weighted by molar-refractivity contribution is 6.36. The summed E-state index contributed by atoms with van der Waals surface area (Å²) in [7, 11) is -2.15. The Bertz CT molecular complexity index is 90.1. The summed E-state index contributed by atoms with van der Waals surface area (Å²) in [5.41, 5.74) is 0. The SMILES string of the molecule is FCCO[Si](OCCF)OCCF. The van der Waals surface area contributed by atoms with Gasteiger partial charge in [-0.1, -0.05) is 0 Å². The first-order valence-corrected chi connectivity index (χ1v) is 5.00. The minimum atomic E-state index is -2.15. The Morgan fingerprint density at radius 3 is 1.23 bits per heavy atom. The number of hydrogen-bond acceptors (Lipinski definition) is 3. The Balaban J connectivity index is 3.47. The molecule has 0 unspecified atom stereocenters. The topological polar surface area (TPSA) is 27.7 Å². The highest BCUT2D eigenvalue weighted by atomic mass is 28.3. The van der Waals surface area contributed by atoms with Crippen molar-refractivity contribution in [2.24, 2.45) is 0 Å². The van der Waals surface area contributed by atoms with Crippen molar-refractivity contribution in [3.63, 3.8) is 0 Å². The number of alkyl halides is 3. The Labute approximate surface area is 76.7 Å². The van der Waals surface area contributed by atoms with Crippen LogP contribution in [0.2, 0.25) is 0 Å². The molecule has 0 saturated carbocycles. The van der Waals surface area contributed by atoms with E-state index >= 15 is 0 Å². The molecule has 0 saturated heterocycles. The normalized spacial score (nSPS) is 11.1. The summed E-state index contributed by atoms with van der Waals surface area (Å²) in [5, 5.41) is 0. The van der Waals surface area contributed by atoms with E-state index < -0.39 is 29.6 Å². The van der Waals surface area contributed by atoms with Gasteiger partial charge < -0.3 is 13.3 Å². The molecular formula is C6H12F3O3Si. The highest BCUT2D eigenvalue weighted by Crippen LogP contribution is 1.93. The molecule has 0 rings (SSSR count). The lowest BCUT2D eigenvalue weighted by molar-refractivity contribution is 0.0786. The van der Waals surface area contributed by atoms with Gasteiger partial charge in [0, 0.05) is 0 Å². The van der Waals surface area contributed by atoms with Gasteiger partial charge in [0.15, 0.2) is 0 Å². The third-order valence-electron chi connectivity index (χ3n) is 0.891. The van der Waals surface area contributed by atoms with Crippen molar-refractivity contribution in [2.45, 2.75) is 0 Å². The van der Waals surface area contributed by atoms with Gasteiger partial charge in [0.1, 0.15) is 20.0 Å². The standard InChI is InChI=1S/C6H12F3O3Si/c7-1-4-10-13(11-5-2-8)12-6-3-9/h1-6H2. The molecule has 13 heavy (non-hydrogen) atoms. The van der Waals surface area contributed by atoms with E-state index in [1.165, 1.54) is 0 Å². The van der Waals surface area contributed by atoms with Crippen LogP contribution in [0, 0.1) is 0 Å². The van der Waals surface area contributed by atoms with Crippen LogP contribution in [0.15, 0.2) is 0 Å². The third-order valence-corrected chi connectivity index (χ3v) is 2.21. The monoisotopic (exact) mass is 217 g/mol. The van der Waals surface area contributed by atoms with Crippen molar-refractivity contribution in [1.82, 2.24) is 0 Å². The second kappa shape index (κ2) is 9.97. The molecule has 0 aromatic heterocycles. The summed E-state index contributed by atoms with van der Waals surface area (Å²) in [6.45, 7) is -2.54. The first-order valence-electron chi connectivity index (χ1n) is 3.78. The summed E-state index contributed by atoms with van der Waals surface area (Å²) in [6, 6.07) is 0. The van der Waals surface area contributed by atoms with E-state index in [4.69, 9.17) is 13.3 Å². The van der Waals surface area contributed by atoms with Crippen LogP contribution in [-0.4, -0.2) is 49.4 Å². The maximum atomic E-state index is 11.6. The molecule has 0 aliphatic carbocycles. The second-order valence-corrected chi connectivity index (χ2v) is 3.23. The van der Waals surface area contributed by atoms with E-state index in [0.29, 0.717) is 0 Å². The largest absolute Gasteiger partial charge is 0.578 e. The first kappa shape index (κ1) is 12.9. The van der Waals surface area contributed by atoms with Crippen LogP contribution in [0.1, 0.15) is 0 Å². The minimum Gasteiger partial charge on any atom is -0.368 e. The van der Waals surface area contributed by atoms with E-state index in [1.807, 2.05) is 0 Å². The molecule has 0 amide bonds. The second-order valence-electron chi connectivity index (χ2n) is 1.86. The maximum Gasteiger partial charge on any atom is 0.578 e. The molecule has 0 spiro atoms. The zero-order valence-corrected chi connectivity index (χ0v) is 8.10. The van der Waals surface area contributed by atoms with Gasteiger partial charge in [-0.15, -0.1) is 0 Å². The van der Waals surface area contributed by atoms with Crippen LogP contribution in [0.5, 0.6) is 0 Å². The summed E-state index contributed by atoms with van der Waals surface area (Å²) < 4.78 is 49.1. The summed E-state index contributed by atoms with van der Waals surface area (Å²) >= 11 is 0. The molecule has 0 aromatic rings. The van der Waals surface area contributed by atoms with Crippen molar-refractivity contribution in [1.29, 1.82) is 0 Å². The molecule has 0 aromatic carbocycles. The van der Waals surface area contributed by atoms with Crippen molar-refractivity contribution in [2.75, 3.05) is 39.8 Å². The quantitative estimate of drug-likeness (QED) is 0.538. The molecule has 7 heteroatoms. The maximum absolute atomic E-state index is 11.6. The Hall–Kier alpha value is -0.113. The van der Waals surface area contributed by atoms with E-state index in [9.17, 15) is 13.2 Å². The highest BCUT2D eigenvalue weighted by Gasteiger charge is 2.18. The molecule has 0 fully saturated rings. The molecule has 0 N–H and O–H groups in total. The van der Waals surface area contributed by atoms with Gasteiger partial charge in [-0.05, 0) is 0 Å². The third kappa shape index (κ3) is 8.22. The number of hydrogen-bond donors (Lipinski definition) is 0. The predicted molar refractivity (Wildman–Crippen MR) is 41.5 cm³/mol. The van der Waals surface area contributed by atoms with E-state index in [-0.39, 0.29) is 19.8 Å². The van der Waals surface area contributed by atoms with Crippen molar-refractivity contribution in [3.05, 3.63) is 0 Å². The minimum absolute atomic E-state index is 0.174. The van der Waals surface area contributed by atoms with Gasteiger partial charge in [-0.3, -0.25) is 0 Å². The fourth-order valence-electron chi connectivity index (χ4n) is 0.491. The van der Waals surface area contributed by atoms with Crippen LogP contribution < -0.4 is 0 Å². The smallest absolute Gasteiger partial charge is 0.368 e. The fraction of sp³-hybridized carbons (Fsp3) is 1.00. The fourth-order valence-corrected chi connectivity index (χ4v) is 1.47. The molecule has 79 valence electrons. The Morgan fingerprint density at radius 1 is 0.692 bits per heavy atom.